The quantitative estimate of drug-likeness (QED) is 0.381. The molecule has 38 heavy (non-hydrogen) atoms. The molecule has 2 aliphatic heterocycles. The van der Waals surface area contributed by atoms with Crippen molar-refractivity contribution in [3.05, 3.63) is 41.0 Å². The van der Waals surface area contributed by atoms with Crippen molar-refractivity contribution in [2.75, 3.05) is 7.11 Å². The van der Waals surface area contributed by atoms with Crippen LogP contribution in [0.25, 0.3) is 16.5 Å². The second kappa shape index (κ2) is 8.06. The number of ketones is 1. The normalized spacial score (nSPS) is 26.3. The maximum absolute atomic E-state index is 13.5. The van der Waals surface area contributed by atoms with Gasteiger partial charge in [-0.25, -0.2) is 0 Å². The van der Waals surface area contributed by atoms with E-state index in [2.05, 4.69) is 41.5 Å². The zero-order valence-corrected chi connectivity index (χ0v) is 24.3. The molecule has 3 aliphatic rings. The van der Waals surface area contributed by atoms with E-state index in [1.165, 1.54) is 14.0 Å². The van der Waals surface area contributed by atoms with E-state index in [0.29, 0.717) is 22.6 Å². The summed E-state index contributed by atoms with van der Waals surface area (Å²) >= 11 is 0. The molecule has 2 heterocycles. The Morgan fingerprint density at radius 3 is 2.37 bits per heavy atom. The molecule has 1 fully saturated rings. The highest BCUT2D eigenvalue weighted by Gasteiger charge is 2.64. The van der Waals surface area contributed by atoms with Crippen molar-refractivity contribution in [1.82, 2.24) is 0 Å². The van der Waals surface area contributed by atoms with Gasteiger partial charge in [0.1, 0.15) is 22.9 Å². The Morgan fingerprint density at radius 1 is 1.11 bits per heavy atom. The summed E-state index contributed by atoms with van der Waals surface area (Å²) in [5.41, 5.74) is -0.571. The van der Waals surface area contributed by atoms with Crippen molar-refractivity contribution in [3.63, 3.8) is 0 Å². The van der Waals surface area contributed by atoms with Crippen molar-refractivity contribution in [1.29, 1.82) is 0 Å². The summed E-state index contributed by atoms with van der Waals surface area (Å²) in [4.78, 5) is 26.0. The van der Waals surface area contributed by atoms with Gasteiger partial charge in [0.15, 0.2) is 11.6 Å². The van der Waals surface area contributed by atoms with Crippen molar-refractivity contribution in [2.45, 2.75) is 89.2 Å². The third kappa shape index (κ3) is 3.70. The van der Waals surface area contributed by atoms with E-state index in [1.54, 1.807) is 0 Å². The summed E-state index contributed by atoms with van der Waals surface area (Å²) in [6.07, 6.45) is -0.634. The monoisotopic (exact) mass is 540 g/mol. The minimum atomic E-state index is -3.10. The van der Waals surface area contributed by atoms with E-state index in [4.69, 9.17) is 18.3 Å². The summed E-state index contributed by atoms with van der Waals surface area (Å²) in [5, 5.41) is 23.5. The first-order valence-corrected chi connectivity index (χ1v) is 14.7. The lowest BCUT2D eigenvalue weighted by Gasteiger charge is -2.51. The van der Waals surface area contributed by atoms with Crippen LogP contribution in [0.15, 0.2) is 29.8 Å². The van der Waals surface area contributed by atoms with Crippen LogP contribution < -0.4 is 8.85 Å². The highest BCUT2D eigenvalue weighted by Crippen LogP contribution is 2.59. The number of hydrogen-bond acceptors (Lipinski definition) is 8. The standard InChI is InChI=1S/C29H36O8Si/c1-26(2,3)38(27(4,5)6)35-19-11-9-10-16-12-17-13-29(15-20(31)34-8)23(18(30)14-28(7,33)37-29)24(32)22(17)25(36-38)21(16)19/h9-12,32-33H,13-15H2,1-8H3/t28-,29+/m1/s1. The molecule has 2 N–H and O–H groups in total. The lowest BCUT2D eigenvalue weighted by Crippen LogP contribution is -2.63. The second-order valence-corrected chi connectivity index (χ2v) is 17.6. The third-order valence-corrected chi connectivity index (χ3v) is 12.8. The molecule has 0 saturated carbocycles. The molecule has 204 valence electrons. The number of rotatable bonds is 2. The molecule has 2 aromatic carbocycles. The molecule has 0 spiro atoms. The second-order valence-electron chi connectivity index (χ2n) is 12.9. The molecule has 1 aliphatic carbocycles. The van der Waals surface area contributed by atoms with E-state index in [-0.39, 0.29) is 40.7 Å². The van der Waals surface area contributed by atoms with Crippen molar-refractivity contribution < 1.29 is 38.1 Å². The summed E-state index contributed by atoms with van der Waals surface area (Å²) < 4.78 is 24.8. The number of hydrogen-bond donors (Lipinski definition) is 2. The molecule has 1 saturated heterocycles. The number of ether oxygens (including phenoxy) is 2. The molecule has 5 rings (SSSR count). The van der Waals surface area contributed by atoms with Gasteiger partial charge in [-0.2, -0.15) is 0 Å². The smallest absolute Gasteiger partial charge is 0.471 e. The Morgan fingerprint density at radius 2 is 1.76 bits per heavy atom. The number of aliphatic hydroxyl groups is 2. The molecule has 2 atom stereocenters. The predicted octanol–water partition coefficient (Wildman–Crippen LogP) is 5.48. The van der Waals surface area contributed by atoms with Crippen LogP contribution in [0, 0.1) is 0 Å². The molecular weight excluding hydrogens is 504 g/mol. The molecule has 0 radical (unpaired) electrons. The fraction of sp³-hybridized carbons (Fsp3) is 0.517. The fourth-order valence-electron chi connectivity index (χ4n) is 6.63. The zero-order valence-electron chi connectivity index (χ0n) is 23.3. The van der Waals surface area contributed by atoms with Gasteiger partial charge in [-0.05, 0) is 30.0 Å². The van der Waals surface area contributed by atoms with Crippen molar-refractivity contribution in [2.24, 2.45) is 0 Å². The zero-order chi connectivity index (χ0) is 28.1. The minimum absolute atomic E-state index is 0.0381. The van der Waals surface area contributed by atoms with Gasteiger partial charge in [0.25, 0.3) is 0 Å². The summed E-state index contributed by atoms with van der Waals surface area (Å²) in [6, 6.07) is 7.67. The third-order valence-electron chi connectivity index (χ3n) is 7.88. The van der Waals surface area contributed by atoms with Crippen LogP contribution in [-0.2, 0) is 25.5 Å². The maximum Gasteiger partial charge on any atom is 0.471 e. The van der Waals surface area contributed by atoms with Crippen LogP contribution >= 0.6 is 0 Å². The highest BCUT2D eigenvalue weighted by atomic mass is 28.4. The van der Waals surface area contributed by atoms with E-state index in [1.807, 2.05) is 24.3 Å². The van der Waals surface area contributed by atoms with Gasteiger partial charge in [0.05, 0.1) is 36.5 Å². The lowest BCUT2D eigenvalue weighted by molar-refractivity contribution is -0.257. The van der Waals surface area contributed by atoms with E-state index >= 15 is 0 Å². The van der Waals surface area contributed by atoms with Gasteiger partial charge in [-0.1, -0.05) is 53.7 Å². The van der Waals surface area contributed by atoms with Crippen LogP contribution in [0.5, 0.6) is 11.5 Å². The largest absolute Gasteiger partial charge is 0.511 e. The average molecular weight is 541 g/mol. The molecule has 2 aromatic rings. The van der Waals surface area contributed by atoms with Crippen LogP contribution in [0.2, 0.25) is 10.1 Å². The molecule has 9 heteroatoms. The molecule has 0 bridgehead atoms. The van der Waals surface area contributed by atoms with E-state index < -0.39 is 31.7 Å². The Bertz CT molecular complexity index is 1390. The predicted molar refractivity (Wildman–Crippen MR) is 144 cm³/mol. The van der Waals surface area contributed by atoms with Crippen LogP contribution in [0.4, 0.5) is 0 Å². The first kappa shape index (κ1) is 26.7. The summed E-state index contributed by atoms with van der Waals surface area (Å²) in [5.74, 6) is -2.05. The minimum Gasteiger partial charge on any atom is -0.511 e. The van der Waals surface area contributed by atoms with Crippen molar-refractivity contribution >= 4 is 36.8 Å². The number of methoxy groups -OCH3 is 1. The van der Waals surface area contributed by atoms with Crippen LogP contribution in [0.3, 0.4) is 0 Å². The van der Waals surface area contributed by atoms with Gasteiger partial charge in [0, 0.05) is 16.5 Å². The molecule has 8 nitrogen and oxygen atoms in total. The molecular formula is C29H36O8Si. The van der Waals surface area contributed by atoms with Crippen molar-refractivity contribution in [3.8, 4) is 11.5 Å². The topological polar surface area (TPSA) is 112 Å². The lowest BCUT2D eigenvalue weighted by atomic mass is 9.71. The van der Waals surface area contributed by atoms with E-state index in [0.717, 1.165) is 10.8 Å². The summed E-state index contributed by atoms with van der Waals surface area (Å²) in [6.45, 7) is 14.0. The van der Waals surface area contributed by atoms with Gasteiger partial charge >= 0.3 is 14.5 Å². The Hall–Kier alpha value is -2.88. The first-order chi connectivity index (χ1) is 17.5. The van der Waals surface area contributed by atoms with Gasteiger partial charge < -0.3 is 28.5 Å². The Kier molecular flexibility index (Phi) is 5.67. The van der Waals surface area contributed by atoms with Gasteiger partial charge in [-0.15, -0.1) is 0 Å². The maximum atomic E-state index is 13.5. The number of benzene rings is 2. The Labute approximate surface area is 223 Å². The number of esters is 1. The molecule has 0 unspecified atom stereocenters. The number of aliphatic hydroxyl groups excluding tert-OH is 1. The van der Waals surface area contributed by atoms with Gasteiger partial charge in [-0.3, -0.25) is 9.59 Å². The molecule has 0 amide bonds. The van der Waals surface area contributed by atoms with Crippen LogP contribution in [-0.4, -0.2) is 49.0 Å². The fourth-order valence-corrected chi connectivity index (χ4v) is 11.1. The number of Topliss-reactive ketones (excluding diaryl/α,β-unsaturated/α-hetero) is 1. The SMILES string of the molecule is COC(=O)C[C@@]12Cc3cc4cccc5c4c(c3C(O)=C1C(=O)C[C@](C)(O)O2)O[Si](C(C)(C)C)(C(C)(C)C)O5. The number of carbonyl (C=O) groups excluding carboxylic acids is 2. The number of fused-ring (bicyclic) bond motifs is 3. The molecule has 0 aromatic heterocycles. The van der Waals surface area contributed by atoms with Crippen LogP contribution in [0.1, 0.15) is 72.4 Å². The first-order valence-electron chi connectivity index (χ1n) is 12.9. The average Bonchev–Trinajstić information content (AvgIpc) is 2.75. The Balaban J connectivity index is 1.84. The highest BCUT2D eigenvalue weighted by molar-refractivity contribution is 6.75. The van der Waals surface area contributed by atoms with Gasteiger partial charge in [0.2, 0.25) is 0 Å². The summed E-state index contributed by atoms with van der Waals surface area (Å²) in [7, 11) is -1.85. The van der Waals surface area contributed by atoms with E-state index in [9.17, 15) is 19.8 Å². The number of carbonyl (C=O) groups is 2.